The highest BCUT2D eigenvalue weighted by molar-refractivity contribution is 6.08. The van der Waals surface area contributed by atoms with Crippen LogP contribution in [0.5, 0.6) is 5.75 Å². The summed E-state index contributed by atoms with van der Waals surface area (Å²) in [6, 6.07) is 16.4. The van der Waals surface area contributed by atoms with Gasteiger partial charge in [0.1, 0.15) is 11.4 Å². The van der Waals surface area contributed by atoms with Gasteiger partial charge in [0.15, 0.2) is 0 Å². The molecule has 1 atom stereocenters. The fraction of sp³-hybridized carbons (Fsp3) is 0.240. The van der Waals surface area contributed by atoms with Gasteiger partial charge in [0, 0.05) is 25.5 Å². The first-order chi connectivity index (χ1) is 16.1. The number of nitrogens with one attached hydrogen (secondary N) is 1. The van der Waals surface area contributed by atoms with Crippen molar-refractivity contribution in [3.05, 3.63) is 82.9 Å². The minimum atomic E-state index is -0.371. The molecule has 8 heteroatoms. The highest BCUT2D eigenvalue weighted by Crippen LogP contribution is 2.27. The van der Waals surface area contributed by atoms with Crippen LogP contribution in [0.3, 0.4) is 0 Å². The zero-order valence-electron chi connectivity index (χ0n) is 18.2. The van der Waals surface area contributed by atoms with E-state index in [4.69, 9.17) is 9.47 Å². The summed E-state index contributed by atoms with van der Waals surface area (Å²) >= 11 is 0. The number of ether oxygens (including phenoxy) is 2. The van der Waals surface area contributed by atoms with Crippen molar-refractivity contribution in [3.8, 4) is 22.7 Å². The first kappa shape index (κ1) is 21.0. The summed E-state index contributed by atoms with van der Waals surface area (Å²) < 4.78 is 14.3. The van der Waals surface area contributed by atoms with Crippen LogP contribution in [0.25, 0.3) is 16.9 Å². The predicted octanol–water partition coefficient (Wildman–Crippen LogP) is 3.58. The minimum absolute atomic E-state index is 0.0526. The lowest BCUT2D eigenvalue weighted by Gasteiger charge is -2.16. The highest BCUT2D eigenvalue weighted by atomic mass is 16.5. The van der Waals surface area contributed by atoms with Crippen molar-refractivity contribution in [1.82, 2.24) is 14.3 Å². The molecule has 168 valence electrons. The van der Waals surface area contributed by atoms with Gasteiger partial charge in [0.25, 0.3) is 11.5 Å². The van der Waals surface area contributed by atoms with E-state index in [0.29, 0.717) is 40.5 Å². The molecule has 1 N–H and O–H groups in total. The number of hydrogen-bond acceptors (Lipinski definition) is 5. The largest absolute Gasteiger partial charge is 0.495 e. The molecule has 5 rings (SSSR count). The number of anilines is 1. The highest BCUT2D eigenvalue weighted by Gasteiger charge is 2.26. The molecule has 3 aliphatic heterocycles. The average Bonchev–Trinajstić information content (AvgIpc) is 3.47. The second-order valence-electron chi connectivity index (χ2n) is 7.97. The minimum Gasteiger partial charge on any atom is -0.495 e. The lowest BCUT2D eigenvalue weighted by Crippen LogP contribution is -2.21. The summed E-state index contributed by atoms with van der Waals surface area (Å²) in [7, 11) is 1.55. The monoisotopic (exact) mass is 444 g/mol. The molecule has 1 saturated heterocycles. The maximum atomic E-state index is 13.4. The Balaban J connectivity index is 1.60. The van der Waals surface area contributed by atoms with Gasteiger partial charge in [-0.15, -0.1) is 0 Å². The second kappa shape index (κ2) is 8.91. The molecule has 0 unspecified atom stereocenters. The van der Waals surface area contributed by atoms with Crippen molar-refractivity contribution >= 4 is 11.6 Å². The molecule has 0 spiro atoms. The standard InChI is InChI=1S/C25H24N4O4/c1-32-22-12-6-5-11-21(22)26-24(30)19-15-28(14-18-10-7-13-33-18)16-20-23(19)27-29(25(20)31)17-8-3-2-4-9-17/h2-6,8-9,11-12,15-16,18H,7,10,13-14H2,1H3,(H,26,30)/t18-/m1/s1. The van der Waals surface area contributed by atoms with Gasteiger partial charge in [-0.05, 0) is 37.1 Å². The summed E-state index contributed by atoms with van der Waals surface area (Å²) in [6.45, 7) is 1.29. The van der Waals surface area contributed by atoms with Crippen molar-refractivity contribution in [2.75, 3.05) is 19.0 Å². The molecule has 0 radical (unpaired) electrons. The average molecular weight is 444 g/mol. The van der Waals surface area contributed by atoms with E-state index in [9.17, 15) is 9.59 Å². The Kier molecular flexibility index (Phi) is 5.66. The third-order valence-corrected chi connectivity index (χ3v) is 5.76. The van der Waals surface area contributed by atoms with Gasteiger partial charge in [-0.1, -0.05) is 30.3 Å². The Hall–Kier alpha value is -3.91. The number of hydrogen-bond donors (Lipinski definition) is 1. The van der Waals surface area contributed by atoms with Crippen LogP contribution in [0.1, 0.15) is 23.2 Å². The van der Waals surface area contributed by atoms with Gasteiger partial charge < -0.3 is 19.4 Å². The number of methoxy groups -OCH3 is 1. The number of amides is 1. The number of carbonyl (C=O) groups is 1. The number of nitrogens with zero attached hydrogens (tertiary/aromatic N) is 3. The van der Waals surface area contributed by atoms with Crippen LogP contribution in [0.2, 0.25) is 0 Å². The molecule has 1 fully saturated rings. The van der Waals surface area contributed by atoms with Gasteiger partial charge in [0.05, 0.1) is 35.7 Å². The van der Waals surface area contributed by atoms with Crippen LogP contribution in [0, 0.1) is 0 Å². The summed E-state index contributed by atoms with van der Waals surface area (Å²) in [5, 5.41) is 7.43. The maximum absolute atomic E-state index is 13.4. The summed E-state index contributed by atoms with van der Waals surface area (Å²) in [4.78, 5) is 26.6. The molecule has 2 aromatic rings. The third kappa shape index (κ3) is 4.12. The molecule has 2 aromatic carbocycles. The van der Waals surface area contributed by atoms with Crippen LogP contribution in [0.15, 0.2) is 71.8 Å². The molecule has 0 aromatic heterocycles. The summed E-state index contributed by atoms with van der Waals surface area (Å²) in [6.07, 6.45) is 5.49. The Bertz CT molecular complexity index is 1310. The van der Waals surface area contributed by atoms with E-state index >= 15 is 0 Å². The van der Waals surface area contributed by atoms with Gasteiger partial charge in [-0.3, -0.25) is 9.59 Å². The quantitative estimate of drug-likeness (QED) is 0.491. The van der Waals surface area contributed by atoms with Crippen LogP contribution in [-0.4, -0.2) is 40.1 Å². The molecule has 3 aliphatic rings. The zero-order chi connectivity index (χ0) is 22.8. The smallest absolute Gasteiger partial charge is 0.282 e. The Morgan fingerprint density at radius 2 is 1.94 bits per heavy atom. The second-order valence-corrected chi connectivity index (χ2v) is 7.97. The van der Waals surface area contributed by atoms with E-state index in [1.165, 1.54) is 4.68 Å². The maximum Gasteiger partial charge on any atom is 0.282 e. The Morgan fingerprint density at radius 1 is 1.15 bits per heavy atom. The van der Waals surface area contributed by atoms with Gasteiger partial charge in [0.2, 0.25) is 0 Å². The number of benzene rings is 2. The molecule has 1 amide bonds. The number of pyridine rings is 1. The zero-order valence-corrected chi connectivity index (χ0v) is 18.2. The van der Waals surface area contributed by atoms with Crippen molar-refractivity contribution in [2.45, 2.75) is 25.5 Å². The normalized spacial score (nSPS) is 15.6. The number of para-hydroxylation sites is 3. The van der Waals surface area contributed by atoms with E-state index in [1.807, 2.05) is 47.0 Å². The fourth-order valence-corrected chi connectivity index (χ4v) is 4.14. The fourth-order valence-electron chi connectivity index (χ4n) is 4.14. The Labute approximate surface area is 190 Å². The number of rotatable bonds is 6. The van der Waals surface area contributed by atoms with E-state index in [0.717, 1.165) is 19.4 Å². The van der Waals surface area contributed by atoms with Crippen LogP contribution in [0.4, 0.5) is 5.69 Å². The van der Waals surface area contributed by atoms with Gasteiger partial charge >= 0.3 is 0 Å². The number of carbonyl (C=O) groups excluding carboxylic acids is 1. The number of fused-ring (bicyclic) bond motifs is 1. The van der Waals surface area contributed by atoms with E-state index < -0.39 is 0 Å². The molecule has 0 bridgehead atoms. The lowest BCUT2D eigenvalue weighted by atomic mass is 10.1. The van der Waals surface area contributed by atoms with Crippen LogP contribution < -0.4 is 15.6 Å². The SMILES string of the molecule is COc1ccccc1NC(=O)c1cn(C[C@H]2CCCO2)cc2c(=O)n(-c3ccccc3)nc1-2. The molecular weight excluding hydrogens is 420 g/mol. The lowest BCUT2D eigenvalue weighted by molar-refractivity contribution is 0.0961. The van der Waals surface area contributed by atoms with Crippen LogP contribution >= 0.6 is 0 Å². The summed E-state index contributed by atoms with van der Waals surface area (Å²) in [5.41, 5.74) is 1.94. The van der Waals surface area contributed by atoms with Gasteiger partial charge in [-0.25, -0.2) is 0 Å². The molecule has 8 nitrogen and oxygen atoms in total. The van der Waals surface area contributed by atoms with Crippen LogP contribution in [-0.2, 0) is 11.3 Å². The van der Waals surface area contributed by atoms with E-state index in [2.05, 4.69) is 10.4 Å². The van der Waals surface area contributed by atoms with Crippen molar-refractivity contribution < 1.29 is 14.3 Å². The first-order valence-corrected chi connectivity index (χ1v) is 10.9. The molecule has 3 heterocycles. The molecule has 0 aliphatic carbocycles. The van der Waals surface area contributed by atoms with Crippen molar-refractivity contribution in [1.29, 1.82) is 0 Å². The first-order valence-electron chi connectivity index (χ1n) is 10.9. The third-order valence-electron chi connectivity index (χ3n) is 5.76. The molecule has 33 heavy (non-hydrogen) atoms. The van der Waals surface area contributed by atoms with Gasteiger partial charge in [-0.2, -0.15) is 9.78 Å². The summed E-state index contributed by atoms with van der Waals surface area (Å²) in [5.74, 6) is 0.175. The van der Waals surface area contributed by atoms with Crippen molar-refractivity contribution in [3.63, 3.8) is 0 Å². The predicted molar refractivity (Wildman–Crippen MR) is 124 cm³/mol. The topological polar surface area (TPSA) is 87.4 Å². The Morgan fingerprint density at radius 3 is 2.70 bits per heavy atom. The van der Waals surface area contributed by atoms with E-state index in [1.54, 1.807) is 31.6 Å². The molecule has 0 saturated carbocycles. The van der Waals surface area contributed by atoms with Crippen molar-refractivity contribution in [2.24, 2.45) is 0 Å². The molecular formula is C25H24N4O4. The number of aromatic nitrogens is 3. The van der Waals surface area contributed by atoms with E-state index in [-0.39, 0.29) is 17.6 Å².